The highest BCUT2D eigenvalue weighted by Crippen LogP contribution is 2.25. The molecule has 140 valence electrons. The van der Waals surface area contributed by atoms with Crippen LogP contribution in [0.3, 0.4) is 0 Å². The Kier molecular flexibility index (Phi) is 8.29. The number of hydrogen-bond donors (Lipinski definition) is 3. The summed E-state index contributed by atoms with van der Waals surface area (Å²) in [6.45, 7) is 5.73. The number of para-hydroxylation sites is 1. The van der Waals surface area contributed by atoms with Gasteiger partial charge in [0, 0.05) is 43.8 Å². The average Bonchev–Trinajstić information content (AvgIpc) is 3.23. The fraction of sp³-hybridized carbons (Fsp3) is 0.632. The molecule has 0 aromatic heterocycles. The van der Waals surface area contributed by atoms with Crippen LogP contribution in [-0.4, -0.2) is 49.4 Å². The zero-order valence-corrected chi connectivity index (χ0v) is 17.4. The van der Waals surface area contributed by atoms with Gasteiger partial charge in [-0.25, -0.2) is 0 Å². The Morgan fingerprint density at radius 2 is 2.04 bits per heavy atom. The normalized spacial score (nSPS) is 26.4. The topological polar surface area (TPSA) is 59.9 Å². The van der Waals surface area contributed by atoms with Crippen LogP contribution in [-0.2, 0) is 0 Å². The SMILES string of the molecule is CCNC(=NCC1CCCC1O)NC1CCN(c2ccccc2)C1.I. The number of nitrogens with one attached hydrogen (secondary N) is 2. The molecule has 1 aromatic rings. The van der Waals surface area contributed by atoms with Crippen molar-refractivity contribution >= 4 is 35.6 Å². The van der Waals surface area contributed by atoms with Gasteiger partial charge < -0.3 is 20.6 Å². The molecule has 5 nitrogen and oxygen atoms in total. The highest BCUT2D eigenvalue weighted by Gasteiger charge is 2.26. The molecule has 1 aromatic carbocycles. The molecule has 0 bridgehead atoms. The molecule has 3 atom stereocenters. The van der Waals surface area contributed by atoms with E-state index in [2.05, 4.69) is 52.8 Å². The standard InChI is InChI=1S/C19H30N4O.HI/c1-2-20-19(21-13-15-7-6-10-18(15)24)22-16-11-12-23(14-16)17-8-4-3-5-9-17;/h3-5,8-9,15-16,18,24H,2,6-7,10-14H2,1H3,(H2,20,21,22);1H. The van der Waals surface area contributed by atoms with Gasteiger partial charge in [0.05, 0.1) is 6.10 Å². The van der Waals surface area contributed by atoms with Crippen LogP contribution in [0.15, 0.2) is 35.3 Å². The predicted octanol–water partition coefficient (Wildman–Crippen LogP) is 2.60. The lowest BCUT2D eigenvalue weighted by molar-refractivity contribution is 0.136. The first-order valence-corrected chi connectivity index (χ1v) is 9.29. The quantitative estimate of drug-likeness (QED) is 0.361. The fourth-order valence-corrected chi connectivity index (χ4v) is 3.70. The third-order valence-electron chi connectivity index (χ3n) is 5.10. The zero-order chi connectivity index (χ0) is 16.8. The summed E-state index contributed by atoms with van der Waals surface area (Å²) in [5.74, 6) is 1.21. The van der Waals surface area contributed by atoms with Crippen LogP contribution in [0, 0.1) is 5.92 Å². The van der Waals surface area contributed by atoms with Crippen LogP contribution in [0.1, 0.15) is 32.6 Å². The van der Waals surface area contributed by atoms with E-state index in [0.717, 1.165) is 51.3 Å². The van der Waals surface area contributed by atoms with Crippen molar-refractivity contribution in [2.75, 3.05) is 31.1 Å². The van der Waals surface area contributed by atoms with E-state index in [9.17, 15) is 5.11 Å². The van der Waals surface area contributed by atoms with E-state index in [0.29, 0.717) is 18.5 Å². The van der Waals surface area contributed by atoms with Crippen molar-refractivity contribution in [3.8, 4) is 0 Å². The Hall–Kier alpha value is -1.02. The first-order chi connectivity index (χ1) is 11.8. The lowest BCUT2D eigenvalue weighted by Gasteiger charge is -2.21. The van der Waals surface area contributed by atoms with Gasteiger partial charge in [0.25, 0.3) is 0 Å². The van der Waals surface area contributed by atoms with Gasteiger partial charge in [-0.3, -0.25) is 4.99 Å². The minimum absolute atomic E-state index is 0. The first kappa shape index (κ1) is 20.3. The number of rotatable bonds is 5. The zero-order valence-electron chi connectivity index (χ0n) is 15.0. The maximum absolute atomic E-state index is 9.96. The van der Waals surface area contributed by atoms with Gasteiger partial charge >= 0.3 is 0 Å². The molecular formula is C19H31IN4O. The molecule has 0 spiro atoms. The molecule has 3 rings (SSSR count). The van der Waals surface area contributed by atoms with Crippen LogP contribution in [0.5, 0.6) is 0 Å². The fourth-order valence-electron chi connectivity index (χ4n) is 3.70. The molecule has 2 aliphatic rings. The Balaban J connectivity index is 0.00000225. The number of aliphatic hydroxyl groups is 1. The summed E-state index contributed by atoms with van der Waals surface area (Å²) in [7, 11) is 0. The van der Waals surface area contributed by atoms with E-state index in [4.69, 9.17) is 4.99 Å². The molecule has 1 aliphatic heterocycles. The lowest BCUT2D eigenvalue weighted by atomic mass is 10.1. The third-order valence-corrected chi connectivity index (χ3v) is 5.10. The van der Waals surface area contributed by atoms with Gasteiger partial charge in [0.15, 0.2) is 5.96 Å². The summed E-state index contributed by atoms with van der Waals surface area (Å²) in [5.41, 5.74) is 1.29. The third kappa shape index (κ3) is 5.74. The number of aliphatic hydroxyl groups excluding tert-OH is 1. The van der Waals surface area contributed by atoms with Crippen LogP contribution in [0.2, 0.25) is 0 Å². The van der Waals surface area contributed by atoms with Crippen molar-refractivity contribution in [3.05, 3.63) is 30.3 Å². The van der Waals surface area contributed by atoms with Crippen molar-refractivity contribution in [1.29, 1.82) is 0 Å². The molecule has 1 saturated heterocycles. The summed E-state index contributed by atoms with van der Waals surface area (Å²) < 4.78 is 0. The first-order valence-electron chi connectivity index (χ1n) is 9.29. The van der Waals surface area contributed by atoms with Crippen LogP contribution < -0.4 is 15.5 Å². The highest BCUT2D eigenvalue weighted by atomic mass is 127. The Labute approximate surface area is 168 Å². The largest absolute Gasteiger partial charge is 0.393 e. The van der Waals surface area contributed by atoms with E-state index < -0.39 is 0 Å². The second kappa shape index (κ2) is 10.2. The minimum atomic E-state index is -0.170. The second-order valence-electron chi connectivity index (χ2n) is 6.89. The minimum Gasteiger partial charge on any atom is -0.393 e. The van der Waals surface area contributed by atoms with Gasteiger partial charge in [-0.1, -0.05) is 24.6 Å². The summed E-state index contributed by atoms with van der Waals surface area (Å²) in [6.07, 6.45) is 4.09. The number of nitrogens with zero attached hydrogens (tertiary/aromatic N) is 2. The van der Waals surface area contributed by atoms with Gasteiger partial charge in [-0.2, -0.15) is 0 Å². The molecule has 1 aliphatic carbocycles. The molecule has 3 unspecified atom stereocenters. The monoisotopic (exact) mass is 458 g/mol. The van der Waals surface area contributed by atoms with Crippen molar-refractivity contribution in [1.82, 2.24) is 10.6 Å². The van der Waals surface area contributed by atoms with Crippen molar-refractivity contribution < 1.29 is 5.11 Å². The molecule has 1 saturated carbocycles. The molecule has 2 fully saturated rings. The summed E-state index contributed by atoms with van der Waals surface area (Å²) >= 11 is 0. The Morgan fingerprint density at radius 3 is 2.72 bits per heavy atom. The molecule has 0 radical (unpaired) electrons. The van der Waals surface area contributed by atoms with Gasteiger partial charge in [0.1, 0.15) is 0 Å². The summed E-state index contributed by atoms with van der Waals surface area (Å²) in [6, 6.07) is 11.0. The predicted molar refractivity (Wildman–Crippen MR) is 115 cm³/mol. The molecule has 1 heterocycles. The average molecular weight is 458 g/mol. The van der Waals surface area contributed by atoms with E-state index in [-0.39, 0.29) is 30.1 Å². The van der Waals surface area contributed by atoms with Gasteiger partial charge in [0.2, 0.25) is 0 Å². The maximum atomic E-state index is 9.96. The summed E-state index contributed by atoms with van der Waals surface area (Å²) in [5, 5.41) is 16.9. The Bertz CT molecular complexity index is 539. The van der Waals surface area contributed by atoms with Crippen LogP contribution in [0.25, 0.3) is 0 Å². The molecular weight excluding hydrogens is 427 g/mol. The highest BCUT2D eigenvalue weighted by molar-refractivity contribution is 14.0. The lowest BCUT2D eigenvalue weighted by Crippen LogP contribution is -2.45. The molecule has 0 amide bonds. The molecule has 25 heavy (non-hydrogen) atoms. The van der Waals surface area contributed by atoms with Gasteiger partial charge in [-0.15, -0.1) is 24.0 Å². The Morgan fingerprint density at radius 1 is 1.24 bits per heavy atom. The van der Waals surface area contributed by atoms with Crippen LogP contribution in [0.4, 0.5) is 5.69 Å². The second-order valence-corrected chi connectivity index (χ2v) is 6.89. The van der Waals surface area contributed by atoms with Crippen LogP contribution >= 0.6 is 24.0 Å². The van der Waals surface area contributed by atoms with Crippen molar-refractivity contribution in [2.24, 2.45) is 10.9 Å². The summed E-state index contributed by atoms with van der Waals surface area (Å²) in [4.78, 5) is 7.14. The van der Waals surface area contributed by atoms with E-state index in [1.165, 1.54) is 5.69 Å². The van der Waals surface area contributed by atoms with E-state index in [1.807, 2.05) is 0 Å². The van der Waals surface area contributed by atoms with Crippen molar-refractivity contribution in [3.63, 3.8) is 0 Å². The number of halogens is 1. The number of hydrogen-bond acceptors (Lipinski definition) is 3. The smallest absolute Gasteiger partial charge is 0.191 e. The number of guanidine groups is 1. The van der Waals surface area contributed by atoms with Crippen molar-refractivity contribution in [2.45, 2.75) is 44.8 Å². The van der Waals surface area contributed by atoms with E-state index >= 15 is 0 Å². The van der Waals surface area contributed by atoms with Gasteiger partial charge in [-0.05, 0) is 38.3 Å². The molecule has 3 N–H and O–H groups in total. The number of anilines is 1. The number of benzene rings is 1. The maximum Gasteiger partial charge on any atom is 0.191 e. The molecule has 6 heteroatoms. The van der Waals surface area contributed by atoms with E-state index in [1.54, 1.807) is 0 Å². The number of aliphatic imine (C=N–C) groups is 1.